The molecule has 0 fully saturated rings. The molecule has 0 saturated carbocycles. The third kappa shape index (κ3) is 2.49. The molecule has 0 bridgehead atoms. The molecule has 2 aromatic rings. The summed E-state index contributed by atoms with van der Waals surface area (Å²) in [6.45, 7) is 2.65. The zero-order valence-corrected chi connectivity index (χ0v) is 10.3. The fourth-order valence-electron chi connectivity index (χ4n) is 1.72. The second kappa shape index (κ2) is 5.16. The van der Waals surface area contributed by atoms with Gasteiger partial charge in [0.05, 0.1) is 18.4 Å². The van der Waals surface area contributed by atoms with Crippen molar-refractivity contribution in [2.75, 3.05) is 5.32 Å². The zero-order valence-electron chi connectivity index (χ0n) is 10.3. The van der Waals surface area contributed by atoms with Gasteiger partial charge in [-0.1, -0.05) is 0 Å². The van der Waals surface area contributed by atoms with E-state index in [1.807, 2.05) is 18.5 Å². The molecule has 0 atom stereocenters. The van der Waals surface area contributed by atoms with Crippen molar-refractivity contribution in [1.82, 2.24) is 19.6 Å². The lowest BCUT2D eigenvalue weighted by molar-refractivity contribution is 0.0569. The molecule has 0 aliphatic carbocycles. The monoisotopic (exact) mass is 255 g/mol. The highest BCUT2D eigenvalue weighted by atomic mass is 19.3. The molecule has 2 heterocycles. The van der Waals surface area contributed by atoms with E-state index >= 15 is 0 Å². The highest BCUT2D eigenvalue weighted by Crippen LogP contribution is 2.13. The van der Waals surface area contributed by atoms with Crippen molar-refractivity contribution in [2.45, 2.75) is 33.5 Å². The Kier molecular flexibility index (Phi) is 3.59. The average molecular weight is 255 g/mol. The highest BCUT2D eigenvalue weighted by Gasteiger charge is 2.09. The van der Waals surface area contributed by atoms with Crippen molar-refractivity contribution >= 4 is 5.82 Å². The first-order chi connectivity index (χ1) is 8.61. The summed E-state index contributed by atoms with van der Waals surface area (Å²) in [6, 6.07) is 1.52. The van der Waals surface area contributed by atoms with E-state index in [-0.39, 0.29) is 0 Å². The molecule has 0 amide bonds. The van der Waals surface area contributed by atoms with Crippen LogP contribution in [0.5, 0.6) is 0 Å². The van der Waals surface area contributed by atoms with Crippen molar-refractivity contribution < 1.29 is 8.78 Å². The molecule has 5 nitrogen and oxygen atoms in total. The van der Waals surface area contributed by atoms with Crippen LogP contribution in [0, 0.1) is 6.92 Å². The summed E-state index contributed by atoms with van der Waals surface area (Å²) in [7, 11) is 0. The van der Waals surface area contributed by atoms with Gasteiger partial charge in [0.25, 0.3) is 0 Å². The van der Waals surface area contributed by atoms with Crippen LogP contribution in [0.4, 0.5) is 14.6 Å². The Hall–Kier alpha value is -1.92. The SMILES string of the molecule is CCn1ncc(C)c1CNc1ccn(C(F)F)n1. The number of nitrogens with zero attached hydrogens (tertiary/aromatic N) is 4. The van der Waals surface area contributed by atoms with Gasteiger partial charge in [0.2, 0.25) is 0 Å². The van der Waals surface area contributed by atoms with Gasteiger partial charge in [0.1, 0.15) is 5.82 Å². The van der Waals surface area contributed by atoms with Gasteiger partial charge in [0.15, 0.2) is 0 Å². The van der Waals surface area contributed by atoms with Crippen LogP contribution in [0.2, 0.25) is 0 Å². The van der Waals surface area contributed by atoms with E-state index in [4.69, 9.17) is 0 Å². The van der Waals surface area contributed by atoms with Gasteiger partial charge in [0, 0.05) is 18.8 Å². The quantitative estimate of drug-likeness (QED) is 0.892. The molecule has 0 radical (unpaired) electrons. The van der Waals surface area contributed by atoms with Gasteiger partial charge in [-0.05, 0) is 19.4 Å². The highest BCUT2D eigenvalue weighted by molar-refractivity contribution is 5.34. The van der Waals surface area contributed by atoms with Crippen LogP contribution in [-0.2, 0) is 13.1 Å². The van der Waals surface area contributed by atoms with Gasteiger partial charge in [-0.15, -0.1) is 0 Å². The van der Waals surface area contributed by atoms with Crippen molar-refractivity contribution in [1.29, 1.82) is 0 Å². The Bertz CT molecular complexity index is 517. The summed E-state index contributed by atoms with van der Waals surface area (Å²) in [4.78, 5) is 0. The first-order valence-corrected chi connectivity index (χ1v) is 5.70. The first kappa shape index (κ1) is 12.5. The number of aryl methyl sites for hydroxylation is 2. The molecule has 1 N–H and O–H groups in total. The van der Waals surface area contributed by atoms with Crippen LogP contribution in [-0.4, -0.2) is 19.6 Å². The standard InChI is InChI=1S/C11H15F2N5/c1-3-17-9(8(2)6-15-17)7-14-10-4-5-18(16-10)11(12)13/h4-6,11H,3,7H2,1-2H3,(H,14,16). The Morgan fingerprint density at radius 2 is 2.22 bits per heavy atom. The lowest BCUT2D eigenvalue weighted by Crippen LogP contribution is -2.09. The van der Waals surface area contributed by atoms with E-state index in [1.165, 1.54) is 12.3 Å². The molecule has 7 heteroatoms. The molecule has 2 aromatic heterocycles. The summed E-state index contributed by atoms with van der Waals surface area (Å²) in [6.07, 6.45) is 3.04. The molecule has 0 aromatic carbocycles. The van der Waals surface area contributed by atoms with Gasteiger partial charge in [-0.3, -0.25) is 4.68 Å². The molecule has 0 saturated heterocycles. The Morgan fingerprint density at radius 3 is 2.83 bits per heavy atom. The van der Waals surface area contributed by atoms with Crippen LogP contribution < -0.4 is 5.32 Å². The minimum absolute atomic E-state index is 0.429. The smallest absolute Gasteiger partial charge is 0.333 e. The Morgan fingerprint density at radius 1 is 1.44 bits per heavy atom. The van der Waals surface area contributed by atoms with Gasteiger partial charge in [-0.2, -0.15) is 19.0 Å². The predicted octanol–water partition coefficient (Wildman–Crippen LogP) is 2.42. The van der Waals surface area contributed by atoms with Crippen molar-refractivity contribution in [3.8, 4) is 0 Å². The average Bonchev–Trinajstić information content (AvgIpc) is 2.93. The third-order valence-electron chi connectivity index (χ3n) is 2.70. The van der Waals surface area contributed by atoms with Crippen molar-refractivity contribution in [3.05, 3.63) is 29.7 Å². The Labute approximate surface area is 103 Å². The largest absolute Gasteiger partial charge is 0.363 e. The van der Waals surface area contributed by atoms with E-state index in [9.17, 15) is 8.78 Å². The predicted molar refractivity (Wildman–Crippen MR) is 63.4 cm³/mol. The van der Waals surface area contributed by atoms with Gasteiger partial charge in [-0.25, -0.2) is 4.68 Å². The van der Waals surface area contributed by atoms with Crippen LogP contribution in [0.1, 0.15) is 24.7 Å². The summed E-state index contributed by atoms with van der Waals surface area (Å²) in [5.41, 5.74) is 2.10. The number of rotatable bonds is 5. The fourth-order valence-corrected chi connectivity index (χ4v) is 1.72. The molecular weight excluding hydrogens is 240 g/mol. The molecule has 2 rings (SSSR count). The molecule has 0 unspecified atom stereocenters. The normalized spacial score (nSPS) is 11.2. The van der Waals surface area contributed by atoms with Crippen molar-refractivity contribution in [2.24, 2.45) is 0 Å². The van der Waals surface area contributed by atoms with E-state index in [0.717, 1.165) is 17.8 Å². The third-order valence-corrected chi connectivity index (χ3v) is 2.70. The first-order valence-electron chi connectivity index (χ1n) is 5.70. The molecule has 0 spiro atoms. The van der Waals surface area contributed by atoms with Gasteiger partial charge >= 0.3 is 6.55 Å². The number of aromatic nitrogens is 4. The molecule has 0 aliphatic rings. The number of alkyl halides is 2. The second-order valence-corrected chi connectivity index (χ2v) is 3.90. The number of nitrogens with one attached hydrogen (secondary N) is 1. The van der Waals surface area contributed by atoms with Crippen molar-refractivity contribution in [3.63, 3.8) is 0 Å². The van der Waals surface area contributed by atoms with Gasteiger partial charge < -0.3 is 5.32 Å². The molecule has 0 aliphatic heterocycles. The molecular formula is C11H15F2N5. The molecule has 18 heavy (non-hydrogen) atoms. The molecule has 98 valence electrons. The number of hydrogen-bond donors (Lipinski definition) is 1. The lowest BCUT2D eigenvalue weighted by Gasteiger charge is -2.07. The summed E-state index contributed by atoms with van der Waals surface area (Å²) in [5.74, 6) is 0.429. The second-order valence-electron chi connectivity index (χ2n) is 3.90. The minimum Gasteiger partial charge on any atom is -0.363 e. The number of anilines is 1. The topological polar surface area (TPSA) is 47.7 Å². The van der Waals surface area contributed by atoms with E-state index < -0.39 is 6.55 Å². The Balaban J connectivity index is 2.04. The van der Waals surface area contributed by atoms with E-state index in [1.54, 1.807) is 6.20 Å². The maximum Gasteiger partial charge on any atom is 0.333 e. The van der Waals surface area contributed by atoms with E-state index in [0.29, 0.717) is 17.0 Å². The summed E-state index contributed by atoms with van der Waals surface area (Å²) >= 11 is 0. The summed E-state index contributed by atoms with van der Waals surface area (Å²) in [5, 5.41) is 10.9. The lowest BCUT2D eigenvalue weighted by atomic mass is 10.3. The number of hydrogen-bond acceptors (Lipinski definition) is 3. The maximum atomic E-state index is 12.3. The van der Waals surface area contributed by atoms with Crippen LogP contribution in [0.15, 0.2) is 18.5 Å². The van der Waals surface area contributed by atoms with Crippen LogP contribution in [0.25, 0.3) is 0 Å². The van der Waals surface area contributed by atoms with E-state index in [2.05, 4.69) is 15.5 Å². The maximum absolute atomic E-state index is 12.3. The fraction of sp³-hybridized carbons (Fsp3) is 0.455. The van der Waals surface area contributed by atoms with Crippen LogP contribution in [0.3, 0.4) is 0 Å². The van der Waals surface area contributed by atoms with Crippen LogP contribution >= 0.6 is 0 Å². The minimum atomic E-state index is -2.61. The number of halogens is 2. The summed E-state index contributed by atoms with van der Waals surface area (Å²) < 4.78 is 27.2. The zero-order chi connectivity index (χ0) is 13.1.